The molecule has 3 aromatic rings. The predicted molar refractivity (Wildman–Crippen MR) is 124 cm³/mol. The Balaban J connectivity index is 1.67. The molecule has 1 atom stereocenters. The van der Waals surface area contributed by atoms with Crippen molar-refractivity contribution < 1.29 is 13.2 Å². The molecule has 0 amide bonds. The van der Waals surface area contributed by atoms with Gasteiger partial charge in [-0.2, -0.15) is 5.10 Å². The van der Waals surface area contributed by atoms with E-state index in [4.69, 9.17) is 4.74 Å². The van der Waals surface area contributed by atoms with Crippen molar-refractivity contribution in [2.24, 2.45) is 11.8 Å². The minimum Gasteiger partial charge on any atom is -0.381 e. The second-order valence-electron chi connectivity index (χ2n) is 8.73. The van der Waals surface area contributed by atoms with Gasteiger partial charge in [-0.25, -0.2) is 8.42 Å². The summed E-state index contributed by atoms with van der Waals surface area (Å²) in [5.74, 6) is 0.653. The van der Waals surface area contributed by atoms with Crippen LogP contribution >= 0.6 is 0 Å². The van der Waals surface area contributed by atoms with Gasteiger partial charge in [0.1, 0.15) is 0 Å². The highest BCUT2D eigenvalue weighted by Gasteiger charge is 2.26. The van der Waals surface area contributed by atoms with Crippen LogP contribution in [-0.2, 0) is 27.7 Å². The molecule has 0 N–H and O–H groups in total. The summed E-state index contributed by atoms with van der Waals surface area (Å²) in [4.78, 5) is 0.295. The predicted octanol–water partition coefficient (Wildman–Crippen LogP) is 4.49. The Kier molecular flexibility index (Phi) is 6.34. The first-order chi connectivity index (χ1) is 14.9. The third-order valence-corrected chi connectivity index (χ3v) is 7.61. The number of hydrogen-bond acceptors (Lipinski definition) is 4. The lowest BCUT2D eigenvalue weighted by Crippen LogP contribution is -2.34. The molecule has 1 aliphatic heterocycles. The number of aromatic nitrogens is 2. The maximum atomic E-state index is 13.6. The normalized spacial score (nSPS) is 17.0. The third kappa shape index (κ3) is 4.62. The van der Waals surface area contributed by atoms with Crippen LogP contribution in [0, 0.1) is 11.8 Å². The van der Waals surface area contributed by atoms with E-state index in [2.05, 4.69) is 12.0 Å². The van der Waals surface area contributed by atoms with E-state index in [-0.39, 0.29) is 5.92 Å². The molecule has 1 unspecified atom stereocenters. The van der Waals surface area contributed by atoms with Gasteiger partial charge in [0.15, 0.2) is 0 Å². The fourth-order valence-electron chi connectivity index (χ4n) is 4.04. The smallest absolute Gasteiger partial charge is 0.264 e. The Morgan fingerprint density at radius 2 is 1.97 bits per heavy atom. The zero-order valence-corrected chi connectivity index (χ0v) is 19.3. The number of sulfonamides is 1. The number of nitrogens with zero attached hydrogens (tertiary/aromatic N) is 3. The molecule has 1 saturated heterocycles. The molecule has 7 heteroatoms. The van der Waals surface area contributed by atoms with Gasteiger partial charge >= 0.3 is 0 Å². The maximum absolute atomic E-state index is 13.6. The Morgan fingerprint density at radius 1 is 1.19 bits per heavy atom. The van der Waals surface area contributed by atoms with Crippen LogP contribution in [0.2, 0.25) is 0 Å². The van der Waals surface area contributed by atoms with E-state index in [0.717, 1.165) is 43.5 Å². The highest BCUT2D eigenvalue weighted by atomic mass is 32.2. The largest absolute Gasteiger partial charge is 0.381 e. The molecule has 6 nitrogen and oxygen atoms in total. The van der Waals surface area contributed by atoms with Crippen LogP contribution in [-0.4, -0.2) is 38.0 Å². The average Bonchev–Trinajstić information content (AvgIpc) is 3.42. The van der Waals surface area contributed by atoms with E-state index < -0.39 is 10.0 Å². The van der Waals surface area contributed by atoms with E-state index in [1.165, 1.54) is 9.87 Å². The molecule has 4 rings (SSSR count). The van der Waals surface area contributed by atoms with E-state index in [1.807, 2.05) is 48.9 Å². The second kappa shape index (κ2) is 9.01. The summed E-state index contributed by atoms with van der Waals surface area (Å²) in [7, 11) is -3.70. The lowest BCUT2D eigenvalue weighted by Gasteiger charge is -2.26. The van der Waals surface area contributed by atoms with Gasteiger partial charge in [-0.15, -0.1) is 0 Å². The van der Waals surface area contributed by atoms with Crippen molar-refractivity contribution in [1.29, 1.82) is 0 Å². The molecule has 31 heavy (non-hydrogen) atoms. The Hall–Kier alpha value is -2.38. The number of ether oxygens (including phenoxy) is 1. The molecule has 0 spiro atoms. The van der Waals surface area contributed by atoms with Gasteiger partial charge in [-0.3, -0.25) is 8.99 Å². The Labute approximate surface area is 184 Å². The average molecular weight is 442 g/mol. The quantitative estimate of drug-likeness (QED) is 0.517. The minimum atomic E-state index is -3.70. The summed E-state index contributed by atoms with van der Waals surface area (Å²) >= 11 is 0. The number of anilines is 1. The van der Waals surface area contributed by atoms with Crippen molar-refractivity contribution in [3.8, 4) is 0 Å². The Bertz CT molecular complexity index is 1130. The highest BCUT2D eigenvalue weighted by Crippen LogP contribution is 2.28. The van der Waals surface area contributed by atoms with Crippen LogP contribution in [0.1, 0.15) is 32.8 Å². The van der Waals surface area contributed by atoms with Gasteiger partial charge in [0.25, 0.3) is 10.0 Å². The first kappa shape index (κ1) is 21.8. The van der Waals surface area contributed by atoms with Crippen LogP contribution in [0.4, 0.5) is 5.69 Å². The van der Waals surface area contributed by atoms with Gasteiger partial charge in [0, 0.05) is 31.0 Å². The lowest BCUT2D eigenvalue weighted by molar-refractivity contribution is 0.182. The SMILES string of the molecule is CCc1ccc(N(CC(C)C)S(=O)(=O)c2ccc3c(cnn3CC3CCOC3)c2)cc1. The van der Waals surface area contributed by atoms with Crippen molar-refractivity contribution in [2.75, 3.05) is 24.1 Å². The first-order valence-electron chi connectivity index (χ1n) is 11.0. The number of hydrogen-bond donors (Lipinski definition) is 0. The fourth-order valence-corrected chi connectivity index (χ4v) is 5.71. The Morgan fingerprint density at radius 3 is 2.61 bits per heavy atom. The van der Waals surface area contributed by atoms with E-state index in [0.29, 0.717) is 23.0 Å². The number of rotatable bonds is 8. The van der Waals surface area contributed by atoms with Crippen LogP contribution in [0.15, 0.2) is 53.6 Å². The fraction of sp³-hybridized carbons (Fsp3) is 0.458. The maximum Gasteiger partial charge on any atom is 0.264 e. The topological polar surface area (TPSA) is 64.4 Å². The zero-order chi connectivity index (χ0) is 22.0. The van der Waals surface area contributed by atoms with Crippen molar-refractivity contribution in [3.05, 3.63) is 54.2 Å². The number of fused-ring (bicyclic) bond motifs is 1. The number of benzene rings is 2. The molecule has 0 saturated carbocycles. The summed E-state index contributed by atoms with van der Waals surface area (Å²) in [6.45, 7) is 8.93. The monoisotopic (exact) mass is 441 g/mol. The van der Waals surface area contributed by atoms with Gasteiger partial charge in [0.2, 0.25) is 0 Å². The molecule has 1 fully saturated rings. The van der Waals surface area contributed by atoms with Gasteiger partial charge in [0.05, 0.1) is 28.9 Å². The van der Waals surface area contributed by atoms with E-state index in [9.17, 15) is 8.42 Å². The van der Waals surface area contributed by atoms with E-state index in [1.54, 1.807) is 18.3 Å². The van der Waals surface area contributed by atoms with Crippen LogP contribution in [0.25, 0.3) is 10.9 Å². The molecule has 166 valence electrons. The van der Waals surface area contributed by atoms with Crippen molar-refractivity contribution in [2.45, 2.75) is 45.1 Å². The minimum absolute atomic E-state index is 0.195. The standard InChI is InChI=1S/C24H31N3O3S/c1-4-19-5-7-22(8-6-19)27(15-18(2)3)31(28,29)23-9-10-24-21(13-23)14-25-26(24)16-20-11-12-30-17-20/h5-10,13-14,18,20H,4,11-12,15-17H2,1-3H3. The van der Waals surface area contributed by atoms with Crippen LogP contribution < -0.4 is 4.31 Å². The molecule has 0 bridgehead atoms. The zero-order valence-electron chi connectivity index (χ0n) is 18.5. The summed E-state index contributed by atoms with van der Waals surface area (Å²) in [5.41, 5.74) is 2.84. The lowest BCUT2D eigenvalue weighted by atomic mass is 10.1. The molecule has 0 aliphatic carbocycles. The summed E-state index contributed by atoms with van der Waals surface area (Å²) in [6, 6.07) is 13.1. The number of aryl methyl sites for hydroxylation is 1. The summed E-state index contributed by atoms with van der Waals surface area (Å²) in [6.07, 6.45) is 3.71. The van der Waals surface area contributed by atoms with Gasteiger partial charge < -0.3 is 4.74 Å². The first-order valence-corrected chi connectivity index (χ1v) is 12.5. The van der Waals surface area contributed by atoms with Gasteiger partial charge in [-0.1, -0.05) is 32.9 Å². The van der Waals surface area contributed by atoms with Gasteiger partial charge in [-0.05, 0) is 54.7 Å². The van der Waals surface area contributed by atoms with Crippen LogP contribution in [0.3, 0.4) is 0 Å². The summed E-state index contributed by atoms with van der Waals surface area (Å²) in [5, 5.41) is 5.34. The molecular formula is C24H31N3O3S. The van der Waals surface area contributed by atoms with E-state index >= 15 is 0 Å². The summed E-state index contributed by atoms with van der Waals surface area (Å²) < 4.78 is 36.2. The van der Waals surface area contributed by atoms with Crippen LogP contribution in [0.5, 0.6) is 0 Å². The van der Waals surface area contributed by atoms with Crippen molar-refractivity contribution >= 4 is 26.6 Å². The molecule has 1 aliphatic rings. The molecular weight excluding hydrogens is 410 g/mol. The molecule has 1 aromatic heterocycles. The van der Waals surface area contributed by atoms with Crippen molar-refractivity contribution in [1.82, 2.24) is 9.78 Å². The van der Waals surface area contributed by atoms with Crippen molar-refractivity contribution in [3.63, 3.8) is 0 Å². The third-order valence-electron chi connectivity index (χ3n) is 5.82. The highest BCUT2D eigenvalue weighted by molar-refractivity contribution is 7.92. The molecule has 0 radical (unpaired) electrons. The second-order valence-corrected chi connectivity index (χ2v) is 10.6. The molecule has 2 heterocycles. The molecule has 2 aromatic carbocycles.